The first-order valence-corrected chi connectivity index (χ1v) is 6.23. The van der Waals surface area contributed by atoms with Gasteiger partial charge in [0.05, 0.1) is 12.2 Å². The van der Waals surface area contributed by atoms with Gasteiger partial charge in [-0.25, -0.2) is 0 Å². The van der Waals surface area contributed by atoms with Crippen LogP contribution in [0.25, 0.3) is 0 Å². The van der Waals surface area contributed by atoms with E-state index in [1.807, 2.05) is 0 Å². The zero-order valence-corrected chi connectivity index (χ0v) is 10.0. The smallest absolute Gasteiger partial charge is 0.0693 e. The minimum Gasteiger partial charge on any atom is -0.392 e. The second kappa shape index (κ2) is 7.20. The highest BCUT2D eigenvalue weighted by atomic mass is 16.5. The van der Waals surface area contributed by atoms with Crippen molar-refractivity contribution in [3.63, 3.8) is 0 Å². The van der Waals surface area contributed by atoms with Crippen LogP contribution in [0.4, 0.5) is 0 Å². The molecule has 0 spiro atoms. The van der Waals surface area contributed by atoms with Crippen molar-refractivity contribution in [2.45, 2.75) is 64.2 Å². The van der Waals surface area contributed by atoms with E-state index in [-0.39, 0.29) is 6.10 Å². The summed E-state index contributed by atoms with van der Waals surface area (Å²) in [6, 6.07) is 0.344. The number of unbranched alkanes of at least 4 members (excludes halogenated alkanes) is 1. The second-order valence-corrected chi connectivity index (χ2v) is 4.69. The van der Waals surface area contributed by atoms with E-state index in [2.05, 4.69) is 19.2 Å². The largest absolute Gasteiger partial charge is 0.392 e. The first kappa shape index (κ1) is 12.9. The predicted octanol–water partition coefficient (Wildman–Crippen LogP) is 1.69. The van der Waals surface area contributed by atoms with Crippen LogP contribution in [0.3, 0.4) is 0 Å². The minimum atomic E-state index is -0.114. The van der Waals surface area contributed by atoms with Gasteiger partial charge >= 0.3 is 0 Å². The van der Waals surface area contributed by atoms with Crippen LogP contribution in [0.5, 0.6) is 0 Å². The fourth-order valence-corrected chi connectivity index (χ4v) is 2.01. The van der Waals surface area contributed by atoms with Gasteiger partial charge in [-0.05, 0) is 52.5 Å². The zero-order chi connectivity index (χ0) is 11.1. The molecule has 0 heterocycles. The van der Waals surface area contributed by atoms with Gasteiger partial charge in [-0.15, -0.1) is 0 Å². The zero-order valence-electron chi connectivity index (χ0n) is 10.0. The Morgan fingerprint density at radius 3 is 2.73 bits per heavy atom. The normalized spacial score (nSPS) is 26.4. The Hall–Kier alpha value is -0.120. The Kier molecular flexibility index (Phi) is 6.22. The average Bonchev–Trinajstić information content (AvgIpc) is 2.57. The van der Waals surface area contributed by atoms with Crippen LogP contribution < -0.4 is 5.32 Å². The fourth-order valence-electron chi connectivity index (χ4n) is 2.01. The van der Waals surface area contributed by atoms with Crippen molar-refractivity contribution < 1.29 is 9.84 Å². The third-order valence-electron chi connectivity index (χ3n) is 2.91. The van der Waals surface area contributed by atoms with Crippen molar-refractivity contribution in [2.24, 2.45) is 0 Å². The Morgan fingerprint density at radius 2 is 2.13 bits per heavy atom. The molecular formula is C12H25NO2. The number of rotatable bonds is 7. The van der Waals surface area contributed by atoms with E-state index in [1.165, 1.54) is 0 Å². The maximum Gasteiger partial charge on any atom is 0.0693 e. The standard InChI is InChI=1S/C12H25NO2/c1-10(2)15-9-4-3-8-13-11-6-5-7-12(11)14/h10-14H,3-9H2,1-2H3/t11-,12-/m0/s1. The molecule has 2 N–H and O–H groups in total. The summed E-state index contributed by atoms with van der Waals surface area (Å²) in [7, 11) is 0. The molecule has 0 saturated heterocycles. The molecule has 0 aromatic heterocycles. The van der Waals surface area contributed by atoms with Gasteiger partial charge in [0.15, 0.2) is 0 Å². The van der Waals surface area contributed by atoms with E-state index in [4.69, 9.17) is 4.74 Å². The van der Waals surface area contributed by atoms with Crippen LogP contribution in [-0.2, 0) is 4.74 Å². The lowest BCUT2D eigenvalue weighted by Crippen LogP contribution is -2.36. The van der Waals surface area contributed by atoms with Gasteiger partial charge in [-0.2, -0.15) is 0 Å². The lowest BCUT2D eigenvalue weighted by atomic mass is 10.2. The van der Waals surface area contributed by atoms with Crippen molar-refractivity contribution in [1.29, 1.82) is 0 Å². The summed E-state index contributed by atoms with van der Waals surface area (Å²) < 4.78 is 5.46. The Labute approximate surface area is 93.2 Å². The van der Waals surface area contributed by atoms with Crippen LogP contribution >= 0.6 is 0 Å². The molecule has 3 heteroatoms. The van der Waals surface area contributed by atoms with E-state index in [9.17, 15) is 5.11 Å². The monoisotopic (exact) mass is 215 g/mol. The van der Waals surface area contributed by atoms with Crippen molar-refractivity contribution in [1.82, 2.24) is 5.32 Å². The quantitative estimate of drug-likeness (QED) is 0.635. The van der Waals surface area contributed by atoms with Crippen LogP contribution in [0.15, 0.2) is 0 Å². The first-order chi connectivity index (χ1) is 7.20. The van der Waals surface area contributed by atoms with E-state index in [1.54, 1.807) is 0 Å². The Bertz CT molecular complexity index is 162. The molecule has 15 heavy (non-hydrogen) atoms. The van der Waals surface area contributed by atoms with E-state index < -0.39 is 0 Å². The summed E-state index contributed by atoms with van der Waals surface area (Å²) in [5.74, 6) is 0. The molecule has 0 unspecified atom stereocenters. The van der Waals surface area contributed by atoms with Crippen molar-refractivity contribution in [2.75, 3.05) is 13.2 Å². The van der Waals surface area contributed by atoms with Gasteiger partial charge in [-0.1, -0.05) is 0 Å². The molecule has 1 aliphatic carbocycles. The third kappa shape index (κ3) is 5.50. The van der Waals surface area contributed by atoms with Crippen molar-refractivity contribution in [3.8, 4) is 0 Å². The van der Waals surface area contributed by atoms with Crippen LogP contribution in [0.1, 0.15) is 46.0 Å². The Balaban J connectivity index is 1.88. The van der Waals surface area contributed by atoms with Gasteiger partial charge in [0.1, 0.15) is 0 Å². The van der Waals surface area contributed by atoms with Gasteiger partial charge < -0.3 is 15.2 Å². The molecule has 1 rings (SSSR count). The molecule has 1 saturated carbocycles. The first-order valence-electron chi connectivity index (χ1n) is 6.23. The number of hydrogen-bond acceptors (Lipinski definition) is 3. The number of nitrogens with one attached hydrogen (secondary N) is 1. The molecule has 0 aliphatic heterocycles. The maximum atomic E-state index is 9.58. The molecule has 0 bridgehead atoms. The van der Waals surface area contributed by atoms with Crippen LogP contribution in [0, 0.1) is 0 Å². The molecule has 0 amide bonds. The number of hydrogen-bond donors (Lipinski definition) is 2. The van der Waals surface area contributed by atoms with E-state index >= 15 is 0 Å². The predicted molar refractivity (Wildman–Crippen MR) is 62.0 cm³/mol. The molecule has 0 aromatic carbocycles. The summed E-state index contributed by atoms with van der Waals surface area (Å²) in [4.78, 5) is 0. The molecule has 2 atom stereocenters. The lowest BCUT2D eigenvalue weighted by molar-refractivity contribution is 0.0756. The summed E-state index contributed by atoms with van der Waals surface area (Å²) in [5, 5.41) is 13.0. The number of aliphatic hydroxyl groups excluding tert-OH is 1. The van der Waals surface area contributed by atoms with Crippen molar-refractivity contribution >= 4 is 0 Å². The van der Waals surface area contributed by atoms with Gasteiger partial charge in [-0.3, -0.25) is 0 Å². The minimum absolute atomic E-state index is 0.114. The molecule has 0 aromatic rings. The molecule has 3 nitrogen and oxygen atoms in total. The highest BCUT2D eigenvalue weighted by molar-refractivity contribution is 4.82. The molecular weight excluding hydrogens is 190 g/mol. The van der Waals surface area contributed by atoms with Crippen molar-refractivity contribution in [3.05, 3.63) is 0 Å². The molecule has 1 aliphatic rings. The number of aliphatic hydroxyl groups is 1. The fraction of sp³-hybridized carbons (Fsp3) is 1.00. The molecule has 1 fully saturated rings. The SMILES string of the molecule is CC(C)OCCCCN[C@H]1CCC[C@@H]1O. The number of ether oxygens (including phenoxy) is 1. The van der Waals surface area contributed by atoms with Gasteiger partial charge in [0.2, 0.25) is 0 Å². The highest BCUT2D eigenvalue weighted by Gasteiger charge is 2.23. The van der Waals surface area contributed by atoms with Gasteiger partial charge in [0.25, 0.3) is 0 Å². The average molecular weight is 215 g/mol. The molecule has 90 valence electrons. The summed E-state index contributed by atoms with van der Waals surface area (Å²) in [5.41, 5.74) is 0. The highest BCUT2D eigenvalue weighted by Crippen LogP contribution is 2.18. The van der Waals surface area contributed by atoms with Gasteiger partial charge in [0, 0.05) is 12.6 Å². The summed E-state index contributed by atoms with van der Waals surface area (Å²) in [6.07, 6.45) is 5.73. The van der Waals surface area contributed by atoms with E-state index in [0.29, 0.717) is 12.1 Å². The van der Waals surface area contributed by atoms with Crippen LogP contribution in [-0.4, -0.2) is 36.5 Å². The van der Waals surface area contributed by atoms with E-state index in [0.717, 1.165) is 45.3 Å². The Morgan fingerprint density at radius 1 is 1.33 bits per heavy atom. The summed E-state index contributed by atoms with van der Waals surface area (Å²) >= 11 is 0. The topological polar surface area (TPSA) is 41.5 Å². The second-order valence-electron chi connectivity index (χ2n) is 4.69. The summed E-state index contributed by atoms with van der Waals surface area (Å²) in [6.45, 7) is 5.98. The maximum absolute atomic E-state index is 9.58. The molecule has 0 radical (unpaired) electrons. The van der Waals surface area contributed by atoms with Crippen LogP contribution in [0.2, 0.25) is 0 Å². The third-order valence-corrected chi connectivity index (χ3v) is 2.91. The lowest BCUT2D eigenvalue weighted by Gasteiger charge is -2.16.